The van der Waals surface area contributed by atoms with Gasteiger partial charge in [-0.1, -0.05) is 12.1 Å². The number of hydrogen-bond acceptors (Lipinski definition) is 7. The Labute approximate surface area is 198 Å². The second-order valence-corrected chi connectivity index (χ2v) is 8.44. The maximum atomic E-state index is 13.0. The number of imidazole rings is 1. The van der Waals surface area contributed by atoms with Crippen molar-refractivity contribution in [3.8, 4) is 23.1 Å². The lowest BCUT2D eigenvalue weighted by Crippen LogP contribution is -2.07. The fraction of sp³-hybridized carbons (Fsp3) is 0.292. The summed E-state index contributed by atoms with van der Waals surface area (Å²) in [7, 11) is 3.03. The standard InChI is InChI=1S/C24H21F2N7O2/c1-34-23-18(11-28-24(30-23)35-2)19-9-17(22-27-5-6-32(22)31-19)16-8-15(16)13-3-4-14-10-29-33(12-21(25)26)20(14)7-13/h3-7,9-11,15-16,21H,8,12H2,1-2H3/t15-,16+/m1/s1. The molecule has 1 fully saturated rings. The maximum absolute atomic E-state index is 13.0. The molecule has 0 radical (unpaired) electrons. The van der Waals surface area contributed by atoms with Crippen molar-refractivity contribution in [3.05, 3.63) is 60.2 Å². The molecule has 2 atom stereocenters. The second kappa shape index (κ2) is 8.26. The molecule has 1 aromatic carbocycles. The van der Waals surface area contributed by atoms with Crippen molar-refractivity contribution in [2.75, 3.05) is 14.2 Å². The SMILES string of the molecule is COc1ncc(-c2cc([C@H]3C[C@@H]3c3ccc4cnn(CC(F)F)c4c3)c3nccn3n2)c(OC)n1. The van der Waals surface area contributed by atoms with E-state index in [1.165, 1.54) is 18.9 Å². The van der Waals surface area contributed by atoms with Crippen LogP contribution >= 0.6 is 0 Å². The van der Waals surface area contributed by atoms with Gasteiger partial charge in [0, 0.05) is 29.5 Å². The Morgan fingerprint density at radius 2 is 1.97 bits per heavy atom. The highest BCUT2D eigenvalue weighted by Crippen LogP contribution is 2.56. The van der Waals surface area contributed by atoms with Gasteiger partial charge in [0.25, 0.3) is 6.43 Å². The van der Waals surface area contributed by atoms with Crippen molar-refractivity contribution in [2.24, 2.45) is 0 Å². The molecule has 0 amide bonds. The predicted molar refractivity (Wildman–Crippen MR) is 123 cm³/mol. The van der Waals surface area contributed by atoms with E-state index in [4.69, 9.17) is 9.47 Å². The molecule has 0 N–H and O–H groups in total. The van der Waals surface area contributed by atoms with Crippen LogP contribution in [-0.4, -0.2) is 55.0 Å². The summed E-state index contributed by atoms with van der Waals surface area (Å²) in [4.78, 5) is 13.0. The highest BCUT2D eigenvalue weighted by Gasteiger charge is 2.41. The number of halogens is 2. The molecule has 0 saturated heterocycles. The Kier molecular flexibility index (Phi) is 5.05. The van der Waals surface area contributed by atoms with Crippen molar-refractivity contribution in [1.29, 1.82) is 0 Å². The van der Waals surface area contributed by atoms with Gasteiger partial charge in [0.15, 0.2) is 5.65 Å². The Balaban J connectivity index is 1.38. The van der Waals surface area contributed by atoms with Gasteiger partial charge in [0.1, 0.15) is 6.54 Å². The summed E-state index contributed by atoms with van der Waals surface area (Å²) >= 11 is 0. The van der Waals surface area contributed by atoms with Crippen LogP contribution in [0.1, 0.15) is 29.4 Å². The van der Waals surface area contributed by atoms with E-state index < -0.39 is 13.0 Å². The third-order valence-electron chi connectivity index (χ3n) is 6.37. The minimum absolute atomic E-state index is 0.204. The van der Waals surface area contributed by atoms with Gasteiger partial charge in [-0.25, -0.2) is 23.3 Å². The van der Waals surface area contributed by atoms with Crippen LogP contribution in [0.4, 0.5) is 8.78 Å². The lowest BCUT2D eigenvalue weighted by molar-refractivity contribution is 0.123. The van der Waals surface area contributed by atoms with Gasteiger partial charge in [-0.3, -0.25) is 4.68 Å². The summed E-state index contributed by atoms with van der Waals surface area (Å²) in [5.74, 6) is 0.801. The average molecular weight is 477 g/mol. The molecule has 1 saturated carbocycles. The van der Waals surface area contributed by atoms with E-state index in [0.717, 1.165) is 34.1 Å². The summed E-state index contributed by atoms with van der Waals surface area (Å²) < 4.78 is 39.6. The first-order valence-corrected chi connectivity index (χ1v) is 11.1. The van der Waals surface area contributed by atoms with Gasteiger partial charge in [-0.2, -0.15) is 15.2 Å². The van der Waals surface area contributed by atoms with Gasteiger partial charge in [0.2, 0.25) is 5.88 Å². The van der Waals surface area contributed by atoms with E-state index in [1.807, 2.05) is 24.3 Å². The van der Waals surface area contributed by atoms with E-state index in [1.54, 1.807) is 29.3 Å². The Morgan fingerprint density at radius 1 is 1.09 bits per heavy atom. The largest absolute Gasteiger partial charge is 0.480 e. The van der Waals surface area contributed by atoms with Crippen molar-refractivity contribution >= 4 is 16.6 Å². The van der Waals surface area contributed by atoms with Crippen molar-refractivity contribution < 1.29 is 18.3 Å². The zero-order valence-electron chi connectivity index (χ0n) is 19.0. The molecule has 0 spiro atoms. The quantitative estimate of drug-likeness (QED) is 0.349. The Hall–Kier alpha value is -4.15. The number of benzene rings is 1. The molecule has 4 aromatic heterocycles. The zero-order valence-corrected chi connectivity index (χ0v) is 19.0. The molecule has 35 heavy (non-hydrogen) atoms. The number of aromatic nitrogens is 7. The highest BCUT2D eigenvalue weighted by atomic mass is 19.3. The van der Waals surface area contributed by atoms with Crippen molar-refractivity contribution in [3.63, 3.8) is 0 Å². The van der Waals surface area contributed by atoms with Crippen LogP contribution in [0.5, 0.6) is 11.9 Å². The number of methoxy groups -OCH3 is 2. The molecule has 0 unspecified atom stereocenters. The summed E-state index contributed by atoms with van der Waals surface area (Å²) in [6.07, 6.45) is 5.21. The molecule has 9 nitrogen and oxygen atoms in total. The highest BCUT2D eigenvalue weighted by molar-refractivity contribution is 5.80. The van der Waals surface area contributed by atoms with Crippen LogP contribution in [0.25, 0.3) is 27.8 Å². The molecule has 5 aromatic rings. The third-order valence-corrected chi connectivity index (χ3v) is 6.37. The summed E-state index contributed by atoms with van der Waals surface area (Å²) in [5, 5.41) is 9.65. The van der Waals surface area contributed by atoms with Crippen LogP contribution < -0.4 is 9.47 Å². The summed E-state index contributed by atoms with van der Waals surface area (Å²) in [5.41, 5.74) is 4.92. The van der Waals surface area contributed by atoms with Crippen molar-refractivity contribution in [2.45, 2.75) is 31.2 Å². The topological polar surface area (TPSA) is 92.3 Å². The van der Waals surface area contributed by atoms with E-state index in [0.29, 0.717) is 17.1 Å². The molecule has 4 heterocycles. The molecule has 1 aliphatic carbocycles. The molecule has 0 aliphatic heterocycles. The first kappa shape index (κ1) is 21.4. The lowest BCUT2D eigenvalue weighted by atomic mass is 10.0. The van der Waals surface area contributed by atoms with Gasteiger partial charge in [-0.15, -0.1) is 0 Å². The molecular weight excluding hydrogens is 456 g/mol. The Bertz CT molecular complexity index is 1550. The number of rotatable bonds is 7. The van der Waals surface area contributed by atoms with Crippen LogP contribution in [0, 0.1) is 0 Å². The van der Waals surface area contributed by atoms with E-state index >= 15 is 0 Å². The van der Waals surface area contributed by atoms with Gasteiger partial charge >= 0.3 is 6.01 Å². The number of ether oxygens (including phenoxy) is 2. The normalized spacial score (nSPS) is 17.4. The minimum atomic E-state index is -2.46. The van der Waals surface area contributed by atoms with Crippen LogP contribution in [0.3, 0.4) is 0 Å². The molecule has 178 valence electrons. The van der Waals surface area contributed by atoms with Crippen LogP contribution in [-0.2, 0) is 6.54 Å². The average Bonchev–Trinajstić information content (AvgIpc) is 3.35. The van der Waals surface area contributed by atoms with Gasteiger partial charge in [0.05, 0.1) is 37.2 Å². The lowest BCUT2D eigenvalue weighted by Gasteiger charge is -2.11. The van der Waals surface area contributed by atoms with E-state index in [-0.39, 0.29) is 17.8 Å². The molecule has 11 heteroatoms. The second-order valence-electron chi connectivity index (χ2n) is 8.44. The zero-order chi connectivity index (χ0) is 24.1. The summed E-state index contributed by atoms with van der Waals surface area (Å²) in [6, 6.07) is 8.17. The van der Waals surface area contributed by atoms with E-state index in [2.05, 4.69) is 25.1 Å². The first-order chi connectivity index (χ1) is 17.1. The number of fused-ring (bicyclic) bond motifs is 2. The van der Waals surface area contributed by atoms with Gasteiger partial charge in [-0.05, 0) is 36.0 Å². The minimum Gasteiger partial charge on any atom is -0.480 e. The Morgan fingerprint density at radius 3 is 2.77 bits per heavy atom. The van der Waals surface area contributed by atoms with Crippen molar-refractivity contribution in [1.82, 2.24) is 34.3 Å². The number of hydrogen-bond donors (Lipinski definition) is 0. The number of nitrogens with zero attached hydrogens (tertiary/aromatic N) is 7. The monoisotopic (exact) mass is 477 g/mol. The first-order valence-electron chi connectivity index (χ1n) is 11.1. The third kappa shape index (κ3) is 3.72. The molecule has 1 aliphatic rings. The van der Waals surface area contributed by atoms with Crippen LogP contribution in [0.2, 0.25) is 0 Å². The summed E-state index contributed by atoms with van der Waals surface area (Å²) in [6.45, 7) is -0.421. The molecular formula is C24H21F2N7O2. The molecule has 0 bridgehead atoms. The smallest absolute Gasteiger partial charge is 0.319 e. The fourth-order valence-corrected chi connectivity index (χ4v) is 4.63. The maximum Gasteiger partial charge on any atom is 0.319 e. The molecule has 6 rings (SSSR count). The van der Waals surface area contributed by atoms with E-state index in [9.17, 15) is 8.78 Å². The predicted octanol–water partition coefficient (Wildman–Crippen LogP) is 4.09. The van der Waals surface area contributed by atoms with Crippen LogP contribution in [0.15, 0.2) is 49.1 Å². The fourth-order valence-electron chi connectivity index (χ4n) is 4.63. The van der Waals surface area contributed by atoms with Gasteiger partial charge < -0.3 is 9.47 Å². The number of alkyl halides is 2.